The van der Waals surface area contributed by atoms with Gasteiger partial charge in [-0.1, -0.05) is 23.2 Å². The number of nitrogens with one attached hydrogen (secondary N) is 1. The van der Waals surface area contributed by atoms with Crippen molar-refractivity contribution in [1.82, 2.24) is 4.90 Å². The van der Waals surface area contributed by atoms with E-state index in [1.54, 1.807) is 53.4 Å². The van der Waals surface area contributed by atoms with Crippen LogP contribution in [0.4, 0.5) is 11.4 Å². The van der Waals surface area contributed by atoms with Gasteiger partial charge in [-0.15, -0.1) is 0 Å². The molecule has 3 heterocycles. The molecular weight excluding hydrogens is 489 g/mol. The van der Waals surface area contributed by atoms with Crippen LogP contribution in [0.1, 0.15) is 21.1 Å². The number of hydrogen-bond donors (Lipinski definition) is 1. The molecule has 1 fully saturated rings. The van der Waals surface area contributed by atoms with E-state index in [0.717, 1.165) is 11.3 Å². The summed E-state index contributed by atoms with van der Waals surface area (Å²) in [6, 6.07) is 19.3. The second-order valence-electron chi connectivity index (χ2n) is 8.05. The first-order chi connectivity index (χ1) is 17.0. The second-order valence-corrected chi connectivity index (χ2v) is 8.89. The summed E-state index contributed by atoms with van der Waals surface area (Å²) in [6.45, 7) is 2.39. The van der Waals surface area contributed by atoms with Crippen LogP contribution in [-0.4, -0.2) is 42.9 Å². The van der Waals surface area contributed by atoms with Crippen molar-refractivity contribution >= 4 is 46.4 Å². The molecule has 0 unspecified atom stereocenters. The second kappa shape index (κ2) is 9.90. The van der Waals surface area contributed by atoms with Crippen molar-refractivity contribution in [3.05, 3.63) is 94.6 Å². The van der Waals surface area contributed by atoms with E-state index in [1.807, 2.05) is 18.2 Å². The normalized spacial score (nSPS) is 13.7. The first-order valence-electron chi connectivity index (χ1n) is 11.0. The van der Waals surface area contributed by atoms with E-state index < -0.39 is 0 Å². The largest absolute Gasteiger partial charge is 0.459 e. The summed E-state index contributed by atoms with van der Waals surface area (Å²) < 4.78 is 10.9. The predicted molar refractivity (Wildman–Crippen MR) is 135 cm³/mol. The number of halogens is 2. The van der Waals surface area contributed by atoms with Gasteiger partial charge in [-0.2, -0.15) is 0 Å². The molecule has 2 aromatic heterocycles. The number of benzene rings is 2. The molecule has 0 bridgehead atoms. The van der Waals surface area contributed by atoms with Gasteiger partial charge < -0.3 is 24.0 Å². The van der Waals surface area contributed by atoms with E-state index in [4.69, 9.17) is 32.0 Å². The maximum atomic E-state index is 12.7. The molecule has 1 saturated heterocycles. The Morgan fingerprint density at radius 2 is 1.63 bits per heavy atom. The Kier molecular flexibility index (Phi) is 6.53. The number of nitrogens with zero attached hydrogens (tertiary/aromatic N) is 2. The number of hydrogen-bond acceptors (Lipinski definition) is 5. The molecule has 4 aromatic rings. The van der Waals surface area contributed by atoms with Crippen molar-refractivity contribution in [2.75, 3.05) is 36.4 Å². The zero-order valence-corrected chi connectivity index (χ0v) is 20.1. The molecule has 2 amide bonds. The molecule has 7 nitrogen and oxygen atoms in total. The Labute approximate surface area is 211 Å². The highest BCUT2D eigenvalue weighted by Gasteiger charge is 2.25. The lowest BCUT2D eigenvalue weighted by molar-refractivity contribution is 0.0714. The Bertz CT molecular complexity index is 1340. The Morgan fingerprint density at radius 1 is 0.857 bits per heavy atom. The minimum absolute atomic E-state index is 0.115. The molecular formula is C26H21Cl2N3O4. The van der Waals surface area contributed by atoms with Crippen molar-refractivity contribution in [2.24, 2.45) is 0 Å². The monoisotopic (exact) mass is 509 g/mol. The highest BCUT2D eigenvalue weighted by molar-refractivity contribution is 6.33. The number of furan rings is 2. The van der Waals surface area contributed by atoms with Crippen LogP contribution in [-0.2, 0) is 0 Å². The highest BCUT2D eigenvalue weighted by Crippen LogP contribution is 2.30. The smallest absolute Gasteiger partial charge is 0.291 e. The van der Waals surface area contributed by atoms with Crippen LogP contribution in [0.2, 0.25) is 10.0 Å². The van der Waals surface area contributed by atoms with Crippen LogP contribution < -0.4 is 10.2 Å². The van der Waals surface area contributed by atoms with Gasteiger partial charge >= 0.3 is 0 Å². The highest BCUT2D eigenvalue weighted by atomic mass is 35.5. The van der Waals surface area contributed by atoms with Crippen LogP contribution in [0.5, 0.6) is 0 Å². The van der Waals surface area contributed by atoms with Crippen LogP contribution in [0.3, 0.4) is 0 Å². The van der Waals surface area contributed by atoms with Gasteiger partial charge in [-0.05, 0) is 66.7 Å². The van der Waals surface area contributed by atoms with Crippen molar-refractivity contribution < 1.29 is 18.4 Å². The van der Waals surface area contributed by atoms with Crippen LogP contribution in [0, 0.1) is 0 Å². The van der Waals surface area contributed by atoms with Gasteiger partial charge in [0.2, 0.25) is 0 Å². The SMILES string of the molecule is O=C(Nc1ccc(N2CCN(C(=O)c3ccco3)CC2)c(Cl)c1)c1ccc(-c2ccc(Cl)cc2)o1. The number of carbonyl (C=O) groups is 2. The average Bonchev–Trinajstić information content (AvgIpc) is 3.57. The zero-order chi connectivity index (χ0) is 24.4. The number of carbonyl (C=O) groups excluding carboxylic acids is 2. The van der Waals surface area contributed by atoms with Gasteiger partial charge in [0.15, 0.2) is 11.5 Å². The Balaban J connectivity index is 1.21. The van der Waals surface area contributed by atoms with Gasteiger partial charge in [-0.3, -0.25) is 9.59 Å². The summed E-state index contributed by atoms with van der Waals surface area (Å²) in [5.74, 6) is 0.612. The Morgan fingerprint density at radius 3 is 2.31 bits per heavy atom. The summed E-state index contributed by atoms with van der Waals surface area (Å²) in [7, 11) is 0. The molecule has 1 N–H and O–H groups in total. The van der Waals surface area contributed by atoms with E-state index in [0.29, 0.717) is 53.4 Å². The van der Waals surface area contributed by atoms with E-state index in [-0.39, 0.29) is 17.6 Å². The lowest BCUT2D eigenvalue weighted by atomic mass is 10.2. The topological polar surface area (TPSA) is 78.9 Å². The standard InChI is InChI=1S/C26H21Cl2N3O4/c27-18-5-3-17(4-6-18)22-9-10-23(35-22)25(32)29-19-7-8-21(20(28)16-19)30-11-13-31(14-12-30)26(33)24-2-1-15-34-24/h1-10,15-16H,11-14H2,(H,29,32). The molecule has 35 heavy (non-hydrogen) atoms. The van der Waals surface area contributed by atoms with Crippen LogP contribution >= 0.6 is 23.2 Å². The van der Waals surface area contributed by atoms with Crippen LogP contribution in [0.25, 0.3) is 11.3 Å². The van der Waals surface area contributed by atoms with Gasteiger partial charge in [0.25, 0.3) is 11.8 Å². The number of anilines is 2. The van der Waals surface area contributed by atoms with Crippen molar-refractivity contribution in [3.63, 3.8) is 0 Å². The molecule has 9 heteroatoms. The summed E-state index contributed by atoms with van der Waals surface area (Å²) >= 11 is 12.5. The third-order valence-electron chi connectivity index (χ3n) is 5.80. The zero-order valence-electron chi connectivity index (χ0n) is 18.5. The molecule has 0 saturated carbocycles. The molecule has 1 aliphatic heterocycles. The molecule has 178 valence electrons. The van der Waals surface area contributed by atoms with E-state index in [2.05, 4.69) is 10.2 Å². The first kappa shape index (κ1) is 23.1. The quantitative estimate of drug-likeness (QED) is 0.353. The van der Waals surface area contributed by atoms with Crippen LogP contribution in [0.15, 0.2) is 81.8 Å². The molecule has 0 spiro atoms. The lowest BCUT2D eigenvalue weighted by Crippen LogP contribution is -2.48. The molecule has 0 atom stereocenters. The van der Waals surface area contributed by atoms with Crippen molar-refractivity contribution in [2.45, 2.75) is 0 Å². The summed E-state index contributed by atoms with van der Waals surface area (Å²) in [5, 5.41) is 3.96. The van der Waals surface area contributed by atoms with Crippen molar-refractivity contribution in [1.29, 1.82) is 0 Å². The summed E-state index contributed by atoms with van der Waals surface area (Å²) in [6.07, 6.45) is 1.49. The van der Waals surface area contributed by atoms with Gasteiger partial charge in [0.1, 0.15) is 5.76 Å². The fourth-order valence-corrected chi connectivity index (χ4v) is 4.40. The van der Waals surface area contributed by atoms with Gasteiger partial charge in [0.05, 0.1) is 17.0 Å². The summed E-state index contributed by atoms with van der Waals surface area (Å²) in [5.41, 5.74) is 2.23. The predicted octanol–water partition coefficient (Wildman–Crippen LogP) is 6.06. The van der Waals surface area contributed by atoms with E-state index in [1.165, 1.54) is 6.26 Å². The Hall–Kier alpha value is -3.68. The molecule has 1 aliphatic rings. The van der Waals surface area contributed by atoms with E-state index in [9.17, 15) is 9.59 Å². The lowest BCUT2D eigenvalue weighted by Gasteiger charge is -2.36. The molecule has 0 aliphatic carbocycles. The minimum Gasteiger partial charge on any atom is -0.459 e. The molecule has 0 radical (unpaired) electrons. The third-order valence-corrected chi connectivity index (χ3v) is 6.36. The summed E-state index contributed by atoms with van der Waals surface area (Å²) in [4.78, 5) is 29.0. The maximum absolute atomic E-state index is 12.7. The molecule has 2 aromatic carbocycles. The van der Waals surface area contributed by atoms with E-state index >= 15 is 0 Å². The first-order valence-corrected chi connectivity index (χ1v) is 11.8. The fourth-order valence-electron chi connectivity index (χ4n) is 3.97. The minimum atomic E-state index is -0.376. The fraction of sp³-hybridized carbons (Fsp3) is 0.154. The maximum Gasteiger partial charge on any atom is 0.291 e. The molecule has 5 rings (SSSR count). The van der Waals surface area contributed by atoms with Gasteiger partial charge in [0, 0.05) is 42.5 Å². The average molecular weight is 510 g/mol. The number of rotatable bonds is 5. The third kappa shape index (κ3) is 5.06. The number of piperazine rings is 1. The van der Waals surface area contributed by atoms with Crippen molar-refractivity contribution in [3.8, 4) is 11.3 Å². The number of amides is 2. The van der Waals surface area contributed by atoms with Gasteiger partial charge in [-0.25, -0.2) is 0 Å².